The average Bonchev–Trinajstić information content (AvgIpc) is 1.85. The van der Waals surface area contributed by atoms with Gasteiger partial charge in [-0.2, -0.15) is 27.7 Å². The van der Waals surface area contributed by atoms with Crippen molar-refractivity contribution >= 4 is 17.2 Å². The van der Waals surface area contributed by atoms with Crippen molar-refractivity contribution in [1.29, 1.82) is 0 Å². The summed E-state index contributed by atoms with van der Waals surface area (Å²) in [6.45, 7) is 12.5. The van der Waals surface area contributed by atoms with E-state index in [9.17, 15) is 0 Å². The Balaban J connectivity index is -0.000000605. The van der Waals surface area contributed by atoms with Crippen LogP contribution in [0.15, 0.2) is 0 Å². The Morgan fingerprint density at radius 2 is 1.50 bits per heavy atom. The minimum Gasteiger partial charge on any atom is -0.429 e. The summed E-state index contributed by atoms with van der Waals surface area (Å²) in [5.74, 6) is 2.51. The summed E-state index contributed by atoms with van der Waals surface area (Å²) in [5, 5.41) is 3.31. The third kappa shape index (κ3) is 6.75. The normalized spacial score (nSPS) is 9.93. The summed E-state index contributed by atoms with van der Waals surface area (Å²) < 4.78 is 0. The fourth-order valence-corrected chi connectivity index (χ4v) is 0.789. The Morgan fingerprint density at radius 3 is 1.71 bits per heavy atom. The molecule has 0 saturated heterocycles. The molecule has 0 atom stereocenters. The summed E-state index contributed by atoms with van der Waals surface area (Å²) in [6.07, 6.45) is 0. The van der Waals surface area contributed by atoms with Crippen molar-refractivity contribution in [1.82, 2.24) is 5.32 Å². The van der Waals surface area contributed by atoms with Gasteiger partial charge in [-0.1, -0.05) is 31.8 Å². The second kappa shape index (κ2) is 7.61. The van der Waals surface area contributed by atoms with Gasteiger partial charge in [0.15, 0.2) is 0 Å². The van der Waals surface area contributed by atoms with E-state index in [1.807, 2.05) is 13.8 Å². The Labute approximate surface area is 107 Å². The van der Waals surface area contributed by atoms with Crippen LogP contribution in [-0.4, -0.2) is 10.5 Å². The predicted octanol–water partition coefficient (Wildman–Crippen LogP) is 3.54. The molecule has 0 aliphatic rings. The summed E-state index contributed by atoms with van der Waals surface area (Å²) in [4.78, 5) is 0.862. The fraction of sp³-hybridized carbons (Fsp3) is 0.727. The van der Waals surface area contributed by atoms with E-state index >= 15 is 0 Å². The second-order valence-corrected chi connectivity index (χ2v) is 4.49. The fourth-order valence-electron chi connectivity index (χ4n) is 0.534. The van der Waals surface area contributed by atoms with Crippen molar-refractivity contribution < 1.29 is 18.6 Å². The minimum absolute atomic E-state index is 0. The molecular weight excluding hydrogens is 229 g/mol. The third-order valence-corrected chi connectivity index (χ3v) is 2.64. The first-order chi connectivity index (χ1) is 5.27. The first kappa shape index (κ1) is 19.8. The third-order valence-electron chi connectivity index (χ3n) is 2.13. The minimum atomic E-state index is 0. The molecule has 0 heterocycles. The monoisotopic (exact) mass is 252 g/mol. The van der Waals surface area contributed by atoms with Gasteiger partial charge in [-0.05, 0) is 0 Å². The Bertz CT molecular complexity index is 165. The molecule has 14 heavy (non-hydrogen) atoms. The van der Waals surface area contributed by atoms with Gasteiger partial charge in [-0.3, -0.25) is 5.92 Å². The topological polar surface area (TPSA) is 12.0 Å². The zero-order valence-electron chi connectivity index (χ0n) is 9.36. The first-order valence-electron chi connectivity index (χ1n) is 4.20. The van der Waals surface area contributed by atoms with Gasteiger partial charge in [0, 0.05) is 0 Å². The van der Waals surface area contributed by atoms with Crippen LogP contribution in [0.25, 0.3) is 0 Å². The van der Waals surface area contributed by atoms with Crippen molar-refractivity contribution in [3.63, 3.8) is 0 Å². The number of hydrogen-bond donors (Lipinski definition) is 1. The molecule has 0 unspecified atom stereocenters. The summed E-state index contributed by atoms with van der Waals surface area (Å²) in [7, 11) is 0. The molecule has 0 aliphatic heterocycles. The van der Waals surface area contributed by atoms with E-state index in [4.69, 9.17) is 12.2 Å². The molecule has 0 aromatic carbocycles. The van der Waals surface area contributed by atoms with Crippen LogP contribution in [-0.2, 0) is 18.6 Å². The molecule has 0 spiro atoms. The van der Waals surface area contributed by atoms with Crippen LogP contribution in [0.3, 0.4) is 0 Å². The predicted molar refractivity (Wildman–Crippen MR) is 65.7 cm³/mol. The molecule has 0 fully saturated rings. The van der Waals surface area contributed by atoms with Gasteiger partial charge in [0.1, 0.15) is 0 Å². The van der Waals surface area contributed by atoms with Gasteiger partial charge in [0.25, 0.3) is 0 Å². The number of rotatable bonds is 3. The number of nitrogens with one attached hydrogen (secondary N) is 1. The molecule has 0 amide bonds. The maximum atomic E-state index is 5.18. The largest absolute Gasteiger partial charge is 2.00 e. The molecule has 1 N–H and O–H groups in total. The number of thiocarbonyl (C=S) groups is 1. The summed E-state index contributed by atoms with van der Waals surface area (Å²) in [6, 6.07) is 0. The molecule has 1 radical (unpaired) electrons. The summed E-state index contributed by atoms with van der Waals surface area (Å²) >= 11 is 5.18. The molecule has 0 aliphatic carbocycles. The van der Waals surface area contributed by atoms with Gasteiger partial charge < -0.3 is 11.2 Å². The first-order valence-corrected chi connectivity index (χ1v) is 4.61. The van der Waals surface area contributed by atoms with Crippen molar-refractivity contribution in [3.05, 3.63) is 11.8 Å². The van der Waals surface area contributed by atoms with Crippen LogP contribution in [0.5, 0.6) is 0 Å². The molecule has 0 aromatic heterocycles. The SMILES string of the molecule is C.C[C-](C)C(=S)NC(C)(C)[C-](C)C.[V+2]. The van der Waals surface area contributed by atoms with E-state index in [1.54, 1.807) is 0 Å². The average molecular weight is 252 g/mol. The molecule has 83 valence electrons. The maximum absolute atomic E-state index is 5.18. The van der Waals surface area contributed by atoms with Crippen LogP contribution in [0.1, 0.15) is 49.0 Å². The quantitative estimate of drug-likeness (QED) is 0.609. The molecular formula is C11H23NSV. The van der Waals surface area contributed by atoms with Crippen LogP contribution < -0.4 is 5.32 Å². The van der Waals surface area contributed by atoms with Gasteiger partial charge in [0.05, 0.1) is 0 Å². The molecule has 1 nitrogen and oxygen atoms in total. The Morgan fingerprint density at radius 1 is 1.14 bits per heavy atom. The van der Waals surface area contributed by atoms with Crippen molar-refractivity contribution in [3.8, 4) is 0 Å². The zero-order valence-corrected chi connectivity index (χ0v) is 11.6. The molecule has 0 rings (SSSR count). The van der Waals surface area contributed by atoms with Gasteiger partial charge in [0.2, 0.25) is 0 Å². The molecule has 3 heteroatoms. The Hall–Kier alpha value is 0.344. The van der Waals surface area contributed by atoms with E-state index in [0.29, 0.717) is 0 Å². The molecule has 0 bridgehead atoms. The molecule has 0 aromatic rings. The van der Waals surface area contributed by atoms with Crippen LogP contribution >= 0.6 is 12.2 Å². The van der Waals surface area contributed by atoms with Crippen LogP contribution in [0.4, 0.5) is 0 Å². The van der Waals surface area contributed by atoms with Crippen LogP contribution in [0.2, 0.25) is 0 Å². The van der Waals surface area contributed by atoms with E-state index in [1.165, 1.54) is 11.8 Å². The summed E-state index contributed by atoms with van der Waals surface area (Å²) in [5.41, 5.74) is 0.00829. The maximum Gasteiger partial charge on any atom is 2.00 e. The standard InChI is InChI=1S/C10H19NS.CH4.V/c1-7(2)9(12)11-10(5,6)8(3)4;;/h1-6H3,(H,11,12);1H4;/q-2;;+2. The second-order valence-electron chi connectivity index (χ2n) is 4.08. The molecule has 0 saturated carbocycles. The van der Waals surface area contributed by atoms with Gasteiger partial charge in [-0.15, -0.1) is 12.2 Å². The van der Waals surface area contributed by atoms with Crippen molar-refractivity contribution in [2.75, 3.05) is 0 Å². The zero-order chi connectivity index (χ0) is 9.94. The van der Waals surface area contributed by atoms with E-state index in [0.717, 1.165) is 4.99 Å². The van der Waals surface area contributed by atoms with E-state index in [-0.39, 0.29) is 31.5 Å². The van der Waals surface area contributed by atoms with Crippen LogP contribution in [0, 0.1) is 11.8 Å². The van der Waals surface area contributed by atoms with E-state index < -0.39 is 0 Å². The van der Waals surface area contributed by atoms with E-state index in [2.05, 4.69) is 33.0 Å². The van der Waals surface area contributed by atoms with Crippen molar-refractivity contribution in [2.45, 2.75) is 54.5 Å². The smallest absolute Gasteiger partial charge is 0.429 e. The van der Waals surface area contributed by atoms with Gasteiger partial charge in [-0.25, -0.2) is 0 Å². The number of hydrogen-bond acceptors (Lipinski definition) is 1. The van der Waals surface area contributed by atoms with Gasteiger partial charge >= 0.3 is 18.6 Å². The van der Waals surface area contributed by atoms with Crippen molar-refractivity contribution in [2.24, 2.45) is 0 Å². The Kier molecular flexibility index (Phi) is 10.8.